The first-order valence-electron chi connectivity index (χ1n) is 18.0. The molecule has 0 aliphatic rings. The van der Waals surface area contributed by atoms with Crippen LogP contribution in [0.5, 0.6) is 0 Å². The Morgan fingerprint density at radius 3 is 0.904 bits per heavy atom. The SMILES string of the molecule is Cc1cc(C)c(-c2cccc(-c3c(C)cc(C)cc3C)c2N=N[N-]c2c(-c3c(C)cc(C)cc3C)cccc2-c2c(C)cc(C)cc2C)c(C)c1.[Cs+]. The van der Waals surface area contributed by atoms with Gasteiger partial charge in [0.15, 0.2) is 0 Å². The zero-order valence-corrected chi connectivity index (χ0v) is 39.7. The van der Waals surface area contributed by atoms with Crippen LogP contribution in [0.3, 0.4) is 0 Å². The fraction of sp³-hybridized carbons (Fsp3) is 0.250. The summed E-state index contributed by atoms with van der Waals surface area (Å²) in [5, 5.41) is 9.92. The van der Waals surface area contributed by atoms with E-state index in [1.54, 1.807) is 0 Å². The van der Waals surface area contributed by atoms with Crippen molar-refractivity contribution in [1.29, 1.82) is 0 Å². The molecule has 0 amide bonds. The third-order valence-electron chi connectivity index (χ3n) is 10.1. The molecule has 3 nitrogen and oxygen atoms in total. The van der Waals surface area contributed by atoms with Crippen molar-refractivity contribution in [3.05, 3.63) is 157 Å². The van der Waals surface area contributed by atoms with Gasteiger partial charge in [0.05, 0.1) is 0 Å². The van der Waals surface area contributed by atoms with Crippen LogP contribution < -0.4 is 68.9 Å². The minimum Gasteiger partial charge on any atom is -0.349 e. The molecule has 0 saturated heterocycles. The van der Waals surface area contributed by atoms with Crippen molar-refractivity contribution in [2.45, 2.75) is 83.1 Å². The van der Waals surface area contributed by atoms with Crippen LogP contribution in [0.2, 0.25) is 0 Å². The van der Waals surface area contributed by atoms with Gasteiger partial charge in [0.2, 0.25) is 0 Å². The minimum atomic E-state index is 0. The second-order valence-electron chi connectivity index (χ2n) is 14.8. The summed E-state index contributed by atoms with van der Waals surface area (Å²) in [5.74, 6) is 0. The molecule has 0 N–H and O–H groups in total. The Balaban J connectivity index is 0.00000523. The molecule has 6 aromatic rings. The second-order valence-corrected chi connectivity index (χ2v) is 14.8. The van der Waals surface area contributed by atoms with Crippen LogP contribution in [0, 0.1) is 83.1 Å². The predicted molar refractivity (Wildman–Crippen MR) is 219 cm³/mol. The monoisotopic (exact) mass is 801 g/mol. The van der Waals surface area contributed by atoms with Gasteiger partial charge in [-0.05, 0) is 183 Å². The third kappa shape index (κ3) is 7.99. The Morgan fingerprint density at radius 2 is 0.615 bits per heavy atom. The molecular weight excluding hydrogens is 751 g/mol. The molecule has 0 unspecified atom stereocenters. The van der Waals surface area contributed by atoms with Gasteiger partial charge in [-0.15, -0.1) is 0 Å². The quantitative estimate of drug-likeness (QED) is 0.114. The maximum Gasteiger partial charge on any atom is 1.00 e. The Bertz CT molecular complexity index is 2120. The van der Waals surface area contributed by atoms with Gasteiger partial charge in [-0.2, -0.15) is 0 Å². The van der Waals surface area contributed by atoms with Gasteiger partial charge in [0, 0.05) is 0 Å². The van der Waals surface area contributed by atoms with E-state index in [2.05, 4.69) is 168 Å². The van der Waals surface area contributed by atoms with Crippen molar-refractivity contribution in [2.24, 2.45) is 10.3 Å². The standard InChI is InChI=1S/C48H50N3.Cs/c1-27-19-31(5)43(32(6)20-27)39-15-13-16-40(44-33(7)21-28(2)22-34(44)8)47(39)49-51-50-48-41(45-35(9)23-29(3)24-36(45)10)17-14-18-42(48)46-37(11)25-30(4)26-38(46)12;/h13-26H,1-12H3;/q-1;+1. The summed E-state index contributed by atoms with van der Waals surface area (Å²) in [5.41, 5.74) is 30.5. The van der Waals surface area contributed by atoms with Crippen LogP contribution in [-0.4, -0.2) is 0 Å². The molecule has 0 aliphatic carbocycles. The molecular formula is C48H50CsN3. The molecule has 0 fully saturated rings. The van der Waals surface area contributed by atoms with Crippen molar-refractivity contribution >= 4 is 11.4 Å². The van der Waals surface area contributed by atoms with Gasteiger partial charge in [-0.3, -0.25) is 5.22 Å². The molecule has 6 rings (SSSR count). The number of aryl methyl sites for hydroxylation is 12. The van der Waals surface area contributed by atoms with Crippen LogP contribution in [0.1, 0.15) is 66.8 Å². The summed E-state index contributed by atoms with van der Waals surface area (Å²) in [6, 6.07) is 31.0. The van der Waals surface area contributed by atoms with Gasteiger partial charge in [0.25, 0.3) is 0 Å². The van der Waals surface area contributed by atoms with E-state index in [-0.39, 0.29) is 68.9 Å². The van der Waals surface area contributed by atoms with E-state index in [0.29, 0.717) is 0 Å². The van der Waals surface area contributed by atoms with Gasteiger partial charge < -0.3 is 10.5 Å². The number of benzene rings is 6. The molecule has 0 aliphatic heterocycles. The molecule has 52 heavy (non-hydrogen) atoms. The van der Waals surface area contributed by atoms with E-state index in [0.717, 1.165) is 33.6 Å². The zero-order valence-electron chi connectivity index (χ0n) is 33.4. The van der Waals surface area contributed by atoms with E-state index >= 15 is 0 Å². The van der Waals surface area contributed by atoms with Crippen molar-refractivity contribution in [3.8, 4) is 44.5 Å². The number of nitrogens with zero attached hydrogens (tertiary/aromatic N) is 3. The van der Waals surface area contributed by atoms with Crippen LogP contribution in [0.4, 0.5) is 11.4 Å². The number of hydrogen-bond donors (Lipinski definition) is 0. The Morgan fingerprint density at radius 1 is 0.365 bits per heavy atom. The second kappa shape index (κ2) is 16.4. The van der Waals surface area contributed by atoms with Gasteiger partial charge in [-0.25, -0.2) is 0 Å². The average molecular weight is 802 g/mol. The van der Waals surface area contributed by atoms with Crippen LogP contribution >= 0.6 is 0 Å². The van der Waals surface area contributed by atoms with Crippen LogP contribution in [-0.2, 0) is 0 Å². The molecule has 0 aromatic heterocycles. The first-order valence-corrected chi connectivity index (χ1v) is 18.0. The average Bonchev–Trinajstić information content (AvgIpc) is 3.01. The first kappa shape index (κ1) is 40.0. The summed E-state index contributed by atoms with van der Waals surface area (Å²) in [4.78, 5) is 0. The van der Waals surface area contributed by atoms with E-state index in [9.17, 15) is 0 Å². The summed E-state index contributed by atoms with van der Waals surface area (Å²) in [6.45, 7) is 26.2. The van der Waals surface area contributed by atoms with Gasteiger partial charge >= 0.3 is 68.9 Å². The normalized spacial score (nSPS) is 11.2. The largest absolute Gasteiger partial charge is 1.00 e. The van der Waals surface area contributed by atoms with Crippen molar-refractivity contribution in [2.75, 3.05) is 0 Å². The van der Waals surface area contributed by atoms with Gasteiger partial charge in [0.1, 0.15) is 0 Å². The molecule has 0 saturated carbocycles. The number of rotatable bonds is 7. The fourth-order valence-electron chi connectivity index (χ4n) is 8.64. The van der Waals surface area contributed by atoms with Crippen molar-refractivity contribution < 1.29 is 68.9 Å². The maximum absolute atomic E-state index is 5.11. The predicted octanol–water partition coefficient (Wildman–Crippen LogP) is 11.8. The molecule has 0 bridgehead atoms. The van der Waals surface area contributed by atoms with E-state index in [4.69, 9.17) is 15.8 Å². The van der Waals surface area contributed by atoms with Gasteiger partial charge in [-0.1, -0.05) is 107 Å². The third-order valence-corrected chi connectivity index (χ3v) is 10.1. The number of hydrogen-bond acceptors (Lipinski definition) is 2. The molecule has 6 aromatic carbocycles. The Hall–Kier alpha value is -3.23. The molecule has 0 radical (unpaired) electrons. The topological polar surface area (TPSA) is 38.8 Å². The molecule has 0 spiro atoms. The summed E-state index contributed by atoms with van der Waals surface area (Å²) >= 11 is 0. The van der Waals surface area contributed by atoms with E-state index in [1.807, 2.05) is 0 Å². The molecule has 4 heteroatoms. The van der Waals surface area contributed by atoms with Crippen molar-refractivity contribution in [1.82, 2.24) is 0 Å². The Labute approximate surface area is 370 Å². The fourth-order valence-corrected chi connectivity index (χ4v) is 8.64. The Kier molecular flexibility index (Phi) is 12.6. The molecule has 0 heterocycles. The first-order chi connectivity index (χ1) is 24.2. The maximum atomic E-state index is 5.11. The zero-order chi connectivity index (χ0) is 36.7. The van der Waals surface area contributed by atoms with E-state index in [1.165, 1.54) is 89.0 Å². The van der Waals surface area contributed by atoms with Crippen LogP contribution in [0.25, 0.3) is 49.9 Å². The summed E-state index contributed by atoms with van der Waals surface area (Å²) in [7, 11) is 0. The summed E-state index contributed by atoms with van der Waals surface area (Å²) in [6.07, 6.45) is 0. The molecule has 258 valence electrons. The summed E-state index contributed by atoms with van der Waals surface area (Å²) < 4.78 is 0. The molecule has 0 atom stereocenters. The van der Waals surface area contributed by atoms with Crippen LogP contribution in [0.15, 0.2) is 95.3 Å². The van der Waals surface area contributed by atoms with E-state index < -0.39 is 0 Å². The smallest absolute Gasteiger partial charge is 0.349 e. The minimum absolute atomic E-state index is 0. The van der Waals surface area contributed by atoms with Crippen molar-refractivity contribution in [3.63, 3.8) is 0 Å².